The predicted molar refractivity (Wildman–Crippen MR) is 168 cm³/mol. The Bertz CT molecular complexity index is 1530. The summed E-state index contributed by atoms with van der Waals surface area (Å²) in [5, 5.41) is 22.2. The summed E-state index contributed by atoms with van der Waals surface area (Å²) < 4.78 is 5.55. The Morgan fingerprint density at radius 3 is 2.59 bits per heavy atom. The molecule has 1 aromatic heterocycles. The van der Waals surface area contributed by atoms with E-state index in [1.807, 2.05) is 54.7 Å². The molecule has 1 saturated heterocycles. The summed E-state index contributed by atoms with van der Waals surface area (Å²) in [6.45, 7) is 7.14. The van der Waals surface area contributed by atoms with Crippen molar-refractivity contribution in [2.24, 2.45) is 10.9 Å². The third kappa shape index (κ3) is 7.49. The molecule has 2 aromatic carbocycles. The Morgan fingerprint density at radius 1 is 1.11 bits per heavy atom. The molecule has 5 rings (SSSR count). The van der Waals surface area contributed by atoms with E-state index >= 15 is 0 Å². The number of hydrogen-bond acceptors (Lipinski definition) is 8. The van der Waals surface area contributed by atoms with Crippen molar-refractivity contribution in [2.75, 3.05) is 36.4 Å². The van der Waals surface area contributed by atoms with Crippen molar-refractivity contribution in [1.82, 2.24) is 19.8 Å². The van der Waals surface area contributed by atoms with Crippen molar-refractivity contribution in [2.45, 2.75) is 39.5 Å². The van der Waals surface area contributed by atoms with Crippen molar-refractivity contribution >= 4 is 48.4 Å². The van der Waals surface area contributed by atoms with Crippen molar-refractivity contribution in [3.8, 4) is 6.19 Å². The maximum atomic E-state index is 12.8. The van der Waals surface area contributed by atoms with E-state index in [4.69, 9.17) is 9.84 Å². The number of nitrogens with one attached hydrogen (secondary N) is 1. The van der Waals surface area contributed by atoms with E-state index in [0.717, 1.165) is 22.4 Å². The molecule has 1 unspecified atom stereocenters. The van der Waals surface area contributed by atoms with Crippen LogP contribution in [0.25, 0.3) is 0 Å². The number of piperazine rings is 1. The number of guanidine groups is 1. The van der Waals surface area contributed by atoms with Gasteiger partial charge < -0.3 is 29.9 Å². The number of aromatic nitrogens is 2. The first-order chi connectivity index (χ1) is 20.8. The van der Waals surface area contributed by atoms with E-state index in [9.17, 15) is 14.9 Å². The molecule has 2 aliphatic rings. The number of carbonyl (C=O) groups is 2. The summed E-state index contributed by atoms with van der Waals surface area (Å²) in [6.07, 6.45) is 4.99. The Morgan fingerprint density at radius 2 is 1.91 bits per heavy atom. The number of hydrogen-bond donors (Lipinski definition) is 2. The monoisotopic (exact) mass is 590 g/mol. The summed E-state index contributed by atoms with van der Waals surface area (Å²) in [6, 6.07) is 15.5. The van der Waals surface area contributed by atoms with Gasteiger partial charge >= 0.3 is 30.9 Å². The Balaban J connectivity index is 0.00000442. The first kappa shape index (κ1) is 32.3. The number of nitriles is 1. The van der Waals surface area contributed by atoms with Crippen LogP contribution < -0.4 is 10.2 Å². The maximum absolute atomic E-state index is 12.8. The van der Waals surface area contributed by atoms with Crippen LogP contribution in [-0.4, -0.2) is 94.0 Å². The standard InChI is InChI=1S/C31H34N8O4.Li.H/c1-21(2)27-18-37(28-16-33-26(15-34-28)29(40)41)13-14-39(27)30(35-20-32)36-25-10-6-9-23-17-38(12-11-24(23)25)31(42)43-19-22-7-4-3-5-8-22;;/h3-10,15-16,21,27H,11-14,17-19H2,1-2H3,(H,35,36)(H,40,41);;. The zero-order valence-electron chi connectivity index (χ0n) is 24.2. The third-order valence-electron chi connectivity index (χ3n) is 7.77. The van der Waals surface area contributed by atoms with Gasteiger partial charge in [0.05, 0.1) is 18.4 Å². The van der Waals surface area contributed by atoms with Gasteiger partial charge in [-0.15, -0.1) is 4.99 Å². The van der Waals surface area contributed by atoms with Gasteiger partial charge in [0.15, 0.2) is 5.69 Å². The Hall–Kier alpha value is -4.58. The van der Waals surface area contributed by atoms with E-state index in [1.54, 1.807) is 4.90 Å². The van der Waals surface area contributed by atoms with Crippen LogP contribution in [0.5, 0.6) is 0 Å². The molecule has 3 aromatic rings. The summed E-state index contributed by atoms with van der Waals surface area (Å²) in [4.78, 5) is 42.4. The Kier molecular flexibility index (Phi) is 10.8. The van der Waals surface area contributed by atoms with E-state index in [1.165, 1.54) is 12.4 Å². The first-order valence-corrected chi connectivity index (χ1v) is 14.2. The number of carbonyl (C=O) groups excluding carboxylic acids is 1. The number of aliphatic imine (C=N–C) groups is 1. The molecule has 1 atom stereocenters. The van der Waals surface area contributed by atoms with Crippen molar-refractivity contribution in [3.05, 3.63) is 83.3 Å². The molecule has 1 fully saturated rings. The summed E-state index contributed by atoms with van der Waals surface area (Å²) in [7, 11) is 0. The summed E-state index contributed by atoms with van der Waals surface area (Å²) in [5.41, 5.74) is 3.78. The van der Waals surface area contributed by atoms with Gasteiger partial charge in [-0.25, -0.2) is 19.6 Å². The van der Waals surface area contributed by atoms with Gasteiger partial charge in [-0.1, -0.05) is 56.3 Å². The molecule has 0 saturated carbocycles. The molecule has 224 valence electrons. The molecule has 44 heavy (non-hydrogen) atoms. The number of carboxylic acid groups (broad SMARTS) is 1. The number of anilines is 2. The molecular weight excluding hydrogens is 555 g/mol. The second-order valence-corrected chi connectivity index (χ2v) is 10.8. The SMILES string of the molecule is CC(C)C1CN(c2cnc(C(=O)O)cn2)CCN1C(=NC#N)Nc1cccc2c1CCN(C(=O)OCc1ccccc1)C2.[LiH]. The van der Waals surface area contributed by atoms with E-state index in [2.05, 4.69) is 43.9 Å². The third-order valence-corrected chi connectivity index (χ3v) is 7.77. The molecule has 13 heteroatoms. The number of ether oxygens (including phenoxy) is 1. The average Bonchev–Trinajstić information content (AvgIpc) is 3.03. The molecule has 12 nitrogen and oxygen atoms in total. The fourth-order valence-electron chi connectivity index (χ4n) is 5.47. The van der Waals surface area contributed by atoms with Crippen molar-refractivity contribution < 1.29 is 19.4 Å². The van der Waals surface area contributed by atoms with E-state index < -0.39 is 5.97 Å². The zero-order chi connectivity index (χ0) is 30.3. The number of aromatic carboxylic acids is 1. The normalized spacial score (nSPS) is 16.5. The molecule has 0 bridgehead atoms. The molecular formula is C31H35LiN8O4. The van der Waals surface area contributed by atoms with Gasteiger partial charge in [-0.3, -0.25) is 0 Å². The van der Waals surface area contributed by atoms with Crippen molar-refractivity contribution in [3.63, 3.8) is 0 Å². The second kappa shape index (κ2) is 14.7. The molecule has 1 amide bonds. The van der Waals surface area contributed by atoms with Crippen LogP contribution >= 0.6 is 0 Å². The van der Waals surface area contributed by atoms with Crippen LogP contribution in [-0.2, 0) is 24.3 Å². The quantitative estimate of drug-likeness (QED) is 0.190. The molecule has 0 aliphatic carbocycles. The van der Waals surface area contributed by atoms with Crippen LogP contribution in [0.4, 0.5) is 16.3 Å². The van der Waals surface area contributed by atoms with E-state index in [-0.39, 0.29) is 49.2 Å². The zero-order valence-corrected chi connectivity index (χ0v) is 24.2. The van der Waals surface area contributed by atoms with Gasteiger partial charge in [0.2, 0.25) is 12.2 Å². The average molecular weight is 591 g/mol. The summed E-state index contributed by atoms with van der Waals surface area (Å²) in [5.74, 6) is 0.156. The fourth-order valence-corrected chi connectivity index (χ4v) is 5.47. The van der Waals surface area contributed by atoms with Gasteiger partial charge in [0.1, 0.15) is 12.4 Å². The number of nitrogens with zero attached hydrogens (tertiary/aromatic N) is 7. The van der Waals surface area contributed by atoms with Gasteiger partial charge in [-0.05, 0) is 35.1 Å². The van der Waals surface area contributed by atoms with Crippen LogP contribution in [0, 0.1) is 17.4 Å². The number of rotatable bonds is 6. The van der Waals surface area contributed by atoms with Gasteiger partial charge in [-0.2, -0.15) is 5.26 Å². The second-order valence-electron chi connectivity index (χ2n) is 10.8. The predicted octanol–water partition coefficient (Wildman–Crippen LogP) is 3.32. The molecule has 2 N–H and O–H groups in total. The fraction of sp³-hybridized carbons (Fsp3) is 0.355. The van der Waals surface area contributed by atoms with Crippen LogP contribution in [0.3, 0.4) is 0 Å². The van der Waals surface area contributed by atoms with Gasteiger partial charge in [0.25, 0.3) is 0 Å². The number of carboxylic acids is 1. The Labute approximate surface area is 268 Å². The van der Waals surface area contributed by atoms with Crippen LogP contribution in [0.2, 0.25) is 0 Å². The molecule has 0 radical (unpaired) electrons. The first-order valence-electron chi connectivity index (χ1n) is 14.2. The minimum absolute atomic E-state index is 0. The minimum atomic E-state index is -1.12. The topological polar surface area (TPSA) is 147 Å². The van der Waals surface area contributed by atoms with Crippen LogP contribution in [0.15, 0.2) is 65.9 Å². The van der Waals surface area contributed by atoms with Gasteiger partial charge in [0, 0.05) is 38.4 Å². The van der Waals surface area contributed by atoms with Crippen molar-refractivity contribution in [1.29, 1.82) is 5.26 Å². The molecule has 0 spiro atoms. The molecule has 2 aliphatic heterocycles. The van der Waals surface area contributed by atoms with Crippen LogP contribution in [0.1, 0.15) is 41.0 Å². The number of benzene rings is 2. The molecule has 3 heterocycles. The van der Waals surface area contributed by atoms with E-state index in [0.29, 0.717) is 50.9 Å². The number of amides is 1. The number of fused-ring (bicyclic) bond motifs is 1. The summed E-state index contributed by atoms with van der Waals surface area (Å²) >= 11 is 0.